The van der Waals surface area contributed by atoms with Crippen molar-refractivity contribution in [1.82, 2.24) is 9.97 Å². The molecule has 0 bridgehead atoms. The van der Waals surface area contributed by atoms with E-state index in [2.05, 4.69) is 35.9 Å². The monoisotopic (exact) mass is 482 g/mol. The second-order valence-corrected chi connectivity index (χ2v) is 8.93. The van der Waals surface area contributed by atoms with E-state index in [1.54, 1.807) is 42.5 Å². The maximum atomic E-state index is 12.7. The molecule has 3 aromatic carbocycles. The summed E-state index contributed by atoms with van der Waals surface area (Å²) in [5.41, 5.74) is 2.23. The smallest absolute Gasteiger partial charge is 0.263 e. The van der Waals surface area contributed by atoms with Crippen LogP contribution < -0.4 is 10.0 Å². The number of nitrogens with one attached hydrogen (secondary N) is 2. The number of para-hydroxylation sites is 2. The van der Waals surface area contributed by atoms with Crippen molar-refractivity contribution in [2.75, 3.05) is 10.0 Å². The molecule has 9 heteroatoms. The molecule has 0 atom stereocenters. The van der Waals surface area contributed by atoms with E-state index in [0.717, 1.165) is 4.47 Å². The summed E-state index contributed by atoms with van der Waals surface area (Å²) in [5, 5.41) is 2.73. The number of nitrogens with zero attached hydrogens (tertiary/aromatic N) is 2. The van der Waals surface area contributed by atoms with Crippen LogP contribution in [0.1, 0.15) is 10.4 Å². The van der Waals surface area contributed by atoms with Crippen molar-refractivity contribution in [3.8, 4) is 0 Å². The third-order valence-corrected chi connectivity index (χ3v) is 6.12. The molecule has 4 rings (SSSR count). The van der Waals surface area contributed by atoms with Crippen LogP contribution in [0, 0.1) is 0 Å². The zero-order valence-corrected chi connectivity index (χ0v) is 17.8. The molecule has 0 aliphatic heterocycles. The van der Waals surface area contributed by atoms with Gasteiger partial charge in [-0.25, -0.2) is 13.4 Å². The molecular formula is C21H15BrN4O3S. The lowest BCUT2D eigenvalue weighted by Gasteiger charge is -2.09. The second kappa shape index (κ2) is 8.21. The van der Waals surface area contributed by atoms with Crippen molar-refractivity contribution in [1.29, 1.82) is 0 Å². The lowest BCUT2D eigenvalue weighted by atomic mass is 10.2. The Hall–Kier alpha value is -3.30. The summed E-state index contributed by atoms with van der Waals surface area (Å²) in [7, 11) is -3.85. The van der Waals surface area contributed by atoms with E-state index in [1.165, 1.54) is 30.5 Å². The summed E-state index contributed by atoms with van der Waals surface area (Å²) in [5.74, 6) is -0.163. The Morgan fingerprint density at radius 1 is 0.867 bits per heavy atom. The van der Waals surface area contributed by atoms with Gasteiger partial charge in [0.05, 0.1) is 22.1 Å². The minimum Gasteiger partial charge on any atom is -0.322 e. The van der Waals surface area contributed by atoms with Gasteiger partial charge in [0.2, 0.25) is 0 Å². The number of aromatic nitrogens is 2. The van der Waals surface area contributed by atoms with Gasteiger partial charge in [-0.1, -0.05) is 28.1 Å². The number of hydrogen-bond donors (Lipinski definition) is 2. The molecule has 0 saturated carbocycles. The van der Waals surface area contributed by atoms with Crippen LogP contribution >= 0.6 is 15.9 Å². The number of fused-ring (bicyclic) bond motifs is 1. The first-order valence-corrected chi connectivity index (χ1v) is 11.1. The zero-order valence-electron chi connectivity index (χ0n) is 15.4. The summed E-state index contributed by atoms with van der Waals surface area (Å²) in [6.07, 6.45) is 1.37. The average Bonchev–Trinajstić information content (AvgIpc) is 2.74. The highest BCUT2D eigenvalue weighted by Gasteiger charge is 2.16. The number of benzene rings is 3. The molecule has 0 saturated heterocycles. The average molecular weight is 483 g/mol. The molecule has 1 amide bonds. The summed E-state index contributed by atoms with van der Waals surface area (Å²) < 4.78 is 28.6. The zero-order chi connectivity index (χ0) is 21.1. The summed E-state index contributed by atoms with van der Waals surface area (Å²) in [6.45, 7) is 0. The number of carbonyl (C=O) groups is 1. The third-order valence-electron chi connectivity index (χ3n) is 4.22. The van der Waals surface area contributed by atoms with Gasteiger partial charge in [-0.05, 0) is 60.7 Å². The summed E-state index contributed by atoms with van der Waals surface area (Å²) >= 11 is 3.32. The third kappa shape index (κ3) is 4.47. The van der Waals surface area contributed by atoms with Gasteiger partial charge in [0.25, 0.3) is 15.9 Å². The van der Waals surface area contributed by atoms with Crippen LogP contribution in [0.2, 0.25) is 0 Å². The van der Waals surface area contributed by atoms with E-state index < -0.39 is 10.0 Å². The number of carbonyl (C=O) groups excluding carboxylic acids is 1. The van der Waals surface area contributed by atoms with Crippen LogP contribution in [0.3, 0.4) is 0 Å². The lowest BCUT2D eigenvalue weighted by molar-refractivity contribution is 0.102. The van der Waals surface area contributed by atoms with Crippen LogP contribution in [-0.2, 0) is 10.0 Å². The summed E-state index contributed by atoms with van der Waals surface area (Å²) in [4.78, 5) is 20.8. The summed E-state index contributed by atoms with van der Waals surface area (Å²) in [6, 6.07) is 20.0. The van der Waals surface area contributed by atoms with Crippen LogP contribution in [0.5, 0.6) is 0 Å². The van der Waals surface area contributed by atoms with Crippen molar-refractivity contribution >= 4 is 54.4 Å². The number of hydrogen-bond acceptors (Lipinski definition) is 5. The molecule has 4 aromatic rings. The standard InChI is InChI=1S/C21H15BrN4O3S/c22-15-7-5-14(6-8-15)21(27)24-16-9-11-17(12-10-16)30(28,29)26-20-13-23-18-3-1-2-4-19(18)25-20/h1-13H,(H,24,27)(H,25,26). The Bertz CT molecular complexity index is 1320. The topological polar surface area (TPSA) is 101 Å². The van der Waals surface area contributed by atoms with Crippen LogP contribution in [-0.4, -0.2) is 24.3 Å². The predicted molar refractivity (Wildman–Crippen MR) is 119 cm³/mol. The molecule has 0 fully saturated rings. The largest absolute Gasteiger partial charge is 0.322 e. The maximum absolute atomic E-state index is 12.7. The van der Waals surface area contributed by atoms with Crippen molar-refractivity contribution in [2.45, 2.75) is 4.90 Å². The molecule has 7 nitrogen and oxygen atoms in total. The molecule has 0 aliphatic carbocycles. The van der Waals surface area contributed by atoms with E-state index in [-0.39, 0.29) is 16.6 Å². The molecular weight excluding hydrogens is 468 g/mol. The minimum absolute atomic E-state index is 0.0408. The molecule has 0 aliphatic rings. The quantitative estimate of drug-likeness (QED) is 0.437. The SMILES string of the molecule is O=C(Nc1ccc(S(=O)(=O)Nc2cnc3ccccc3n2)cc1)c1ccc(Br)cc1. The number of amides is 1. The van der Waals surface area contributed by atoms with Gasteiger partial charge in [0, 0.05) is 15.7 Å². The lowest BCUT2D eigenvalue weighted by Crippen LogP contribution is -2.15. The first-order valence-electron chi connectivity index (χ1n) is 8.82. The molecule has 150 valence electrons. The van der Waals surface area contributed by atoms with E-state index in [1.807, 2.05) is 6.07 Å². The highest BCUT2D eigenvalue weighted by atomic mass is 79.9. The molecule has 0 radical (unpaired) electrons. The fourth-order valence-corrected chi connectivity index (χ4v) is 3.98. The first-order chi connectivity index (χ1) is 14.4. The molecule has 30 heavy (non-hydrogen) atoms. The van der Waals surface area contributed by atoms with E-state index >= 15 is 0 Å². The van der Waals surface area contributed by atoms with E-state index in [4.69, 9.17) is 0 Å². The number of rotatable bonds is 5. The molecule has 0 unspecified atom stereocenters. The van der Waals surface area contributed by atoms with E-state index in [0.29, 0.717) is 22.3 Å². The normalized spacial score (nSPS) is 11.2. The van der Waals surface area contributed by atoms with E-state index in [9.17, 15) is 13.2 Å². The van der Waals surface area contributed by atoms with Gasteiger partial charge in [0.15, 0.2) is 5.82 Å². The van der Waals surface area contributed by atoms with Gasteiger partial charge in [-0.3, -0.25) is 14.5 Å². The Kier molecular flexibility index (Phi) is 5.47. The van der Waals surface area contributed by atoms with Crippen molar-refractivity contribution < 1.29 is 13.2 Å². The first kappa shape index (κ1) is 20.0. The molecule has 1 heterocycles. The molecule has 1 aromatic heterocycles. The van der Waals surface area contributed by atoms with Gasteiger partial charge >= 0.3 is 0 Å². The Labute approximate surface area is 181 Å². The van der Waals surface area contributed by atoms with Crippen molar-refractivity contribution in [2.24, 2.45) is 0 Å². The Morgan fingerprint density at radius 2 is 1.53 bits per heavy atom. The highest BCUT2D eigenvalue weighted by molar-refractivity contribution is 9.10. The van der Waals surface area contributed by atoms with Gasteiger partial charge in [0.1, 0.15) is 0 Å². The molecule has 0 spiro atoms. The fourth-order valence-electron chi connectivity index (χ4n) is 2.72. The second-order valence-electron chi connectivity index (χ2n) is 6.33. The van der Waals surface area contributed by atoms with Crippen molar-refractivity contribution in [3.05, 3.63) is 89.0 Å². The number of halogens is 1. The van der Waals surface area contributed by atoms with Crippen molar-refractivity contribution in [3.63, 3.8) is 0 Å². The molecule has 2 N–H and O–H groups in total. The van der Waals surface area contributed by atoms with Crippen LogP contribution in [0.4, 0.5) is 11.5 Å². The minimum atomic E-state index is -3.85. The van der Waals surface area contributed by atoms with Crippen LogP contribution in [0.15, 0.2) is 88.4 Å². The van der Waals surface area contributed by atoms with Gasteiger partial charge < -0.3 is 5.32 Å². The van der Waals surface area contributed by atoms with Gasteiger partial charge in [-0.15, -0.1) is 0 Å². The fraction of sp³-hybridized carbons (Fsp3) is 0. The van der Waals surface area contributed by atoms with Gasteiger partial charge in [-0.2, -0.15) is 0 Å². The maximum Gasteiger partial charge on any atom is 0.263 e. The number of sulfonamides is 1. The Balaban J connectivity index is 1.49. The predicted octanol–water partition coefficient (Wildman–Crippen LogP) is 4.45. The Morgan fingerprint density at radius 3 is 2.23 bits per heavy atom. The number of anilines is 2. The highest BCUT2D eigenvalue weighted by Crippen LogP contribution is 2.19. The van der Waals surface area contributed by atoms with Crippen LogP contribution in [0.25, 0.3) is 11.0 Å².